The van der Waals surface area contributed by atoms with Crippen LogP contribution in [0.4, 0.5) is 13.2 Å². The maximum atomic E-state index is 12.8. The third kappa shape index (κ3) is 5.99. The van der Waals surface area contributed by atoms with Crippen LogP contribution in [0, 0.1) is 5.92 Å². The van der Waals surface area contributed by atoms with Gasteiger partial charge in [-0.15, -0.1) is 0 Å². The first-order valence-corrected chi connectivity index (χ1v) is 9.97. The summed E-state index contributed by atoms with van der Waals surface area (Å²) in [7, 11) is 6.00. The van der Waals surface area contributed by atoms with Crippen LogP contribution in [0.2, 0.25) is 0 Å². The Labute approximate surface area is 179 Å². The molecule has 8 nitrogen and oxygen atoms in total. The van der Waals surface area contributed by atoms with E-state index in [1.807, 2.05) is 48.9 Å². The zero-order chi connectivity index (χ0) is 23.5. The van der Waals surface area contributed by atoms with Crippen LogP contribution in [0.25, 0.3) is 0 Å². The van der Waals surface area contributed by atoms with Crippen LogP contribution >= 0.6 is 0 Å². The molecule has 1 aromatic heterocycles. The number of hydrogen-bond acceptors (Lipinski definition) is 4. The van der Waals surface area contributed by atoms with E-state index in [4.69, 9.17) is 9.90 Å². The molecule has 2 saturated heterocycles. The normalized spacial score (nSPS) is 23.3. The zero-order valence-corrected chi connectivity index (χ0v) is 18.1. The van der Waals surface area contributed by atoms with Gasteiger partial charge in [-0.05, 0) is 45.0 Å². The van der Waals surface area contributed by atoms with E-state index in [0.717, 1.165) is 38.2 Å². The van der Waals surface area contributed by atoms with Crippen LogP contribution in [-0.4, -0.2) is 94.1 Å². The number of aliphatic carboxylic acids is 1. The topological polar surface area (TPSA) is 86.1 Å². The molecule has 0 saturated carbocycles. The number of hydrogen-bond donors (Lipinski definition) is 1. The molecule has 174 valence electrons. The Balaban J connectivity index is 0.000000423. The second-order valence-electron chi connectivity index (χ2n) is 8.25. The van der Waals surface area contributed by atoms with Gasteiger partial charge in [0.05, 0.1) is 0 Å². The maximum Gasteiger partial charge on any atom is 0.490 e. The van der Waals surface area contributed by atoms with Gasteiger partial charge in [0.15, 0.2) is 0 Å². The lowest BCUT2D eigenvalue weighted by Crippen LogP contribution is -2.51. The number of carboxylic acids is 1. The molecule has 1 N–H and O–H groups in total. The number of carbonyl (C=O) groups excluding carboxylic acids is 2. The highest BCUT2D eigenvalue weighted by Gasteiger charge is 2.46. The number of aromatic nitrogens is 1. The lowest BCUT2D eigenvalue weighted by Gasteiger charge is -2.38. The second-order valence-corrected chi connectivity index (χ2v) is 8.25. The summed E-state index contributed by atoms with van der Waals surface area (Å²) in [6.45, 7) is 4.04. The quantitative estimate of drug-likeness (QED) is 0.764. The lowest BCUT2D eigenvalue weighted by molar-refractivity contribution is -0.192. The molecule has 2 aliphatic rings. The molecule has 11 heteroatoms. The number of alkyl halides is 3. The van der Waals surface area contributed by atoms with Crippen molar-refractivity contribution in [3.63, 3.8) is 0 Å². The molecule has 3 atom stereocenters. The molecule has 2 aliphatic heterocycles. The van der Waals surface area contributed by atoms with Crippen molar-refractivity contribution in [2.45, 2.75) is 38.0 Å². The highest BCUT2D eigenvalue weighted by atomic mass is 19.4. The highest BCUT2D eigenvalue weighted by molar-refractivity contribution is 5.92. The molecule has 0 spiro atoms. The van der Waals surface area contributed by atoms with Gasteiger partial charge >= 0.3 is 12.1 Å². The summed E-state index contributed by atoms with van der Waals surface area (Å²) in [6.07, 6.45) is -1.32. The Morgan fingerprint density at radius 3 is 2.32 bits per heavy atom. The first-order chi connectivity index (χ1) is 14.3. The summed E-state index contributed by atoms with van der Waals surface area (Å²) in [6, 6.07) is 4.32. The number of halogens is 3. The van der Waals surface area contributed by atoms with Gasteiger partial charge < -0.3 is 24.4 Å². The van der Waals surface area contributed by atoms with Crippen molar-refractivity contribution in [1.82, 2.24) is 19.3 Å². The third-order valence-electron chi connectivity index (χ3n) is 5.65. The van der Waals surface area contributed by atoms with Crippen molar-refractivity contribution in [1.29, 1.82) is 0 Å². The number of rotatable bonds is 3. The van der Waals surface area contributed by atoms with Crippen molar-refractivity contribution >= 4 is 17.8 Å². The van der Waals surface area contributed by atoms with Crippen LogP contribution in [-0.2, 0) is 16.6 Å². The fourth-order valence-electron chi connectivity index (χ4n) is 4.46. The standard InChI is InChI=1S/C18H28N4O2.C2HF3O2/c1-13(23)22-15(12-19(2)3)10-14-11-21(9-7-16(14)22)18(24)17-6-5-8-20(17)4;3-2(4,5)1(6)7/h5-6,8,14-16H,7,9-12H2,1-4H3;(H,6,7)/t14-,15+,16+;/m1./s1. The largest absolute Gasteiger partial charge is 0.490 e. The molecule has 3 heterocycles. The van der Waals surface area contributed by atoms with Crippen molar-refractivity contribution in [3.8, 4) is 0 Å². The molecular weight excluding hydrogens is 417 g/mol. The van der Waals surface area contributed by atoms with E-state index in [-0.39, 0.29) is 23.9 Å². The van der Waals surface area contributed by atoms with E-state index < -0.39 is 12.1 Å². The minimum Gasteiger partial charge on any atom is -0.475 e. The lowest BCUT2D eigenvalue weighted by atomic mass is 9.92. The average Bonchev–Trinajstić information content (AvgIpc) is 3.22. The van der Waals surface area contributed by atoms with Gasteiger partial charge in [-0.2, -0.15) is 13.2 Å². The summed E-state index contributed by atoms with van der Waals surface area (Å²) < 4.78 is 33.6. The van der Waals surface area contributed by atoms with Gasteiger partial charge in [0, 0.05) is 51.9 Å². The summed E-state index contributed by atoms with van der Waals surface area (Å²) in [5, 5.41) is 7.12. The van der Waals surface area contributed by atoms with Crippen LogP contribution in [0.15, 0.2) is 18.3 Å². The monoisotopic (exact) mass is 446 g/mol. The predicted molar refractivity (Wildman–Crippen MR) is 106 cm³/mol. The fourth-order valence-corrected chi connectivity index (χ4v) is 4.46. The summed E-state index contributed by atoms with van der Waals surface area (Å²) in [5.41, 5.74) is 0.736. The molecule has 0 aromatic carbocycles. The van der Waals surface area contributed by atoms with E-state index >= 15 is 0 Å². The molecule has 3 rings (SSSR count). The highest BCUT2D eigenvalue weighted by Crippen LogP contribution is 2.36. The molecule has 0 bridgehead atoms. The van der Waals surface area contributed by atoms with Crippen LogP contribution in [0.1, 0.15) is 30.3 Å². The van der Waals surface area contributed by atoms with Crippen molar-refractivity contribution in [2.75, 3.05) is 33.7 Å². The minimum absolute atomic E-state index is 0.103. The Morgan fingerprint density at radius 2 is 1.87 bits per heavy atom. The zero-order valence-electron chi connectivity index (χ0n) is 18.1. The molecule has 0 unspecified atom stereocenters. The molecular formula is C20H29F3N4O4. The number of likely N-dealkylation sites (N-methyl/N-ethyl adjacent to an activating group) is 1. The van der Waals surface area contributed by atoms with Crippen LogP contribution in [0.5, 0.6) is 0 Å². The molecule has 1 aromatic rings. The fraction of sp³-hybridized carbons (Fsp3) is 0.650. The Kier molecular flexibility index (Phi) is 7.74. The number of likely N-dealkylation sites (tertiary alicyclic amines) is 2. The van der Waals surface area contributed by atoms with E-state index in [1.165, 1.54) is 0 Å². The minimum atomic E-state index is -5.08. The molecule has 0 aliphatic carbocycles. The van der Waals surface area contributed by atoms with Gasteiger partial charge in [-0.25, -0.2) is 4.79 Å². The molecule has 2 amide bonds. The van der Waals surface area contributed by atoms with Gasteiger partial charge in [0.2, 0.25) is 5.91 Å². The van der Waals surface area contributed by atoms with Gasteiger partial charge in [0.1, 0.15) is 5.69 Å². The smallest absolute Gasteiger partial charge is 0.475 e. The molecule has 31 heavy (non-hydrogen) atoms. The van der Waals surface area contributed by atoms with E-state index in [1.54, 1.807) is 6.92 Å². The number of carbonyl (C=O) groups is 3. The van der Waals surface area contributed by atoms with E-state index in [0.29, 0.717) is 5.92 Å². The second kappa shape index (κ2) is 9.71. The summed E-state index contributed by atoms with van der Waals surface area (Å²) in [4.78, 5) is 40.0. The first-order valence-electron chi connectivity index (χ1n) is 9.97. The van der Waals surface area contributed by atoms with E-state index in [9.17, 15) is 22.8 Å². The van der Waals surface area contributed by atoms with Crippen LogP contribution in [0.3, 0.4) is 0 Å². The van der Waals surface area contributed by atoms with Gasteiger partial charge in [0.25, 0.3) is 5.91 Å². The Morgan fingerprint density at radius 1 is 1.26 bits per heavy atom. The van der Waals surface area contributed by atoms with Gasteiger partial charge in [-0.1, -0.05) is 0 Å². The first kappa shape index (κ1) is 24.7. The van der Waals surface area contributed by atoms with Crippen molar-refractivity contribution in [2.24, 2.45) is 13.0 Å². The SMILES string of the molecule is CC(=O)N1[C@H](CN(C)C)C[C@@H]2CN(C(=O)c3cccn3C)CC[C@@H]21.O=C(O)C(F)(F)F. The average molecular weight is 446 g/mol. The number of aryl methyl sites for hydroxylation is 1. The summed E-state index contributed by atoms with van der Waals surface area (Å²) in [5.74, 6) is -2.10. The third-order valence-corrected chi connectivity index (χ3v) is 5.65. The summed E-state index contributed by atoms with van der Waals surface area (Å²) >= 11 is 0. The Bertz CT molecular complexity index is 809. The Hall–Kier alpha value is -2.56. The van der Waals surface area contributed by atoms with Crippen molar-refractivity contribution < 1.29 is 32.7 Å². The number of piperidine rings is 1. The molecule has 2 fully saturated rings. The van der Waals surface area contributed by atoms with Crippen LogP contribution < -0.4 is 0 Å². The predicted octanol–water partition coefficient (Wildman–Crippen LogP) is 1.67. The van der Waals surface area contributed by atoms with Gasteiger partial charge in [-0.3, -0.25) is 9.59 Å². The number of carboxylic acid groups (broad SMARTS) is 1. The van der Waals surface area contributed by atoms with E-state index in [2.05, 4.69) is 9.80 Å². The maximum absolute atomic E-state index is 12.8. The number of amides is 2. The number of nitrogens with zero attached hydrogens (tertiary/aromatic N) is 4. The molecule has 0 radical (unpaired) electrons. The number of fused-ring (bicyclic) bond motifs is 1. The van der Waals surface area contributed by atoms with Crippen molar-refractivity contribution in [3.05, 3.63) is 24.0 Å².